The van der Waals surface area contributed by atoms with Crippen LogP contribution in [0.2, 0.25) is 0 Å². The summed E-state index contributed by atoms with van der Waals surface area (Å²) in [7, 11) is 0. The van der Waals surface area contributed by atoms with Gasteiger partial charge in [0.15, 0.2) is 0 Å². The van der Waals surface area contributed by atoms with Gasteiger partial charge in [0.25, 0.3) is 0 Å². The first-order valence-corrected chi connectivity index (χ1v) is 7.91. The van der Waals surface area contributed by atoms with Crippen molar-refractivity contribution < 1.29 is 0 Å². The number of nitrogens with zero attached hydrogens (tertiary/aromatic N) is 1. The van der Waals surface area contributed by atoms with Crippen LogP contribution in [0, 0.1) is 5.41 Å². The van der Waals surface area contributed by atoms with Gasteiger partial charge in [0.2, 0.25) is 0 Å². The summed E-state index contributed by atoms with van der Waals surface area (Å²) in [6.07, 6.45) is 11.7. The van der Waals surface area contributed by atoms with Crippen molar-refractivity contribution in [3.63, 3.8) is 0 Å². The molecule has 2 saturated carbocycles. The maximum atomic E-state index is 4.33. The minimum Gasteiger partial charge on any atom is -0.308 e. The molecule has 1 N–H and O–H groups in total. The standard InChI is InChI=1S/C14H22N2S/c1-2-6-14(5-1)7-3-12(4-8-14)15-9-13-10-17-11-16-13/h10-12,15H,1-9H2. The highest BCUT2D eigenvalue weighted by molar-refractivity contribution is 7.07. The Balaban J connectivity index is 1.45. The molecule has 1 heterocycles. The first kappa shape index (κ1) is 11.7. The summed E-state index contributed by atoms with van der Waals surface area (Å²) in [4.78, 5) is 4.33. The molecule has 1 aromatic rings. The lowest BCUT2D eigenvalue weighted by molar-refractivity contribution is 0.168. The van der Waals surface area contributed by atoms with Crippen LogP contribution in [-0.2, 0) is 6.54 Å². The van der Waals surface area contributed by atoms with E-state index < -0.39 is 0 Å². The minimum atomic E-state index is 0.739. The summed E-state index contributed by atoms with van der Waals surface area (Å²) >= 11 is 1.69. The van der Waals surface area contributed by atoms with Gasteiger partial charge in [-0.2, -0.15) is 0 Å². The van der Waals surface area contributed by atoms with E-state index >= 15 is 0 Å². The first-order valence-electron chi connectivity index (χ1n) is 6.97. The number of nitrogens with one attached hydrogen (secondary N) is 1. The van der Waals surface area contributed by atoms with Gasteiger partial charge in [-0.15, -0.1) is 11.3 Å². The smallest absolute Gasteiger partial charge is 0.0795 e. The Morgan fingerprint density at radius 1 is 1.24 bits per heavy atom. The molecule has 3 rings (SSSR count). The molecule has 0 radical (unpaired) electrons. The predicted molar refractivity (Wildman–Crippen MR) is 72.1 cm³/mol. The van der Waals surface area contributed by atoms with E-state index in [2.05, 4.69) is 15.7 Å². The topological polar surface area (TPSA) is 24.9 Å². The van der Waals surface area contributed by atoms with Gasteiger partial charge < -0.3 is 5.32 Å². The second kappa shape index (κ2) is 5.07. The van der Waals surface area contributed by atoms with Crippen molar-refractivity contribution in [3.8, 4) is 0 Å². The number of hydrogen-bond donors (Lipinski definition) is 1. The molecule has 0 atom stereocenters. The summed E-state index contributed by atoms with van der Waals surface area (Å²) in [6.45, 7) is 0.959. The molecule has 2 aliphatic rings. The van der Waals surface area contributed by atoms with Crippen molar-refractivity contribution in [1.82, 2.24) is 10.3 Å². The van der Waals surface area contributed by atoms with Crippen LogP contribution in [0.15, 0.2) is 10.9 Å². The summed E-state index contributed by atoms with van der Waals surface area (Å²) < 4.78 is 0. The predicted octanol–water partition coefficient (Wildman–Crippen LogP) is 3.74. The third-order valence-electron chi connectivity index (χ3n) is 4.77. The molecule has 0 amide bonds. The Kier molecular flexibility index (Phi) is 3.48. The molecular weight excluding hydrogens is 228 g/mol. The fraction of sp³-hybridized carbons (Fsp3) is 0.786. The third-order valence-corrected chi connectivity index (χ3v) is 5.40. The number of hydrogen-bond acceptors (Lipinski definition) is 3. The molecule has 0 unspecified atom stereocenters. The molecule has 2 fully saturated rings. The molecule has 2 nitrogen and oxygen atoms in total. The lowest BCUT2D eigenvalue weighted by Gasteiger charge is -2.37. The third kappa shape index (κ3) is 2.71. The fourth-order valence-corrected chi connectivity index (χ4v) is 4.19. The molecule has 1 spiro atoms. The van der Waals surface area contributed by atoms with E-state index in [1.807, 2.05) is 5.51 Å². The molecule has 0 bridgehead atoms. The van der Waals surface area contributed by atoms with Crippen molar-refractivity contribution in [2.45, 2.75) is 64.0 Å². The van der Waals surface area contributed by atoms with Crippen LogP contribution in [0.1, 0.15) is 57.1 Å². The normalized spacial score (nSPS) is 24.5. The van der Waals surface area contributed by atoms with E-state index in [1.165, 1.54) is 57.1 Å². The summed E-state index contributed by atoms with van der Waals surface area (Å²) in [6, 6.07) is 0.739. The second-order valence-electron chi connectivity index (χ2n) is 5.84. The average Bonchev–Trinajstić information content (AvgIpc) is 3.01. The minimum absolute atomic E-state index is 0.739. The van der Waals surface area contributed by atoms with Gasteiger partial charge in [0.1, 0.15) is 0 Å². The molecule has 94 valence electrons. The number of thiazole rings is 1. The van der Waals surface area contributed by atoms with Crippen LogP contribution in [0.4, 0.5) is 0 Å². The van der Waals surface area contributed by atoms with Gasteiger partial charge in [-0.25, -0.2) is 4.98 Å². The van der Waals surface area contributed by atoms with Gasteiger partial charge in [0, 0.05) is 18.0 Å². The molecule has 0 aromatic carbocycles. The summed E-state index contributed by atoms with van der Waals surface area (Å²) in [5.41, 5.74) is 3.89. The van der Waals surface area contributed by atoms with Crippen molar-refractivity contribution in [3.05, 3.63) is 16.6 Å². The van der Waals surface area contributed by atoms with Gasteiger partial charge in [0.05, 0.1) is 11.2 Å². The van der Waals surface area contributed by atoms with E-state index in [0.717, 1.165) is 18.0 Å². The molecule has 17 heavy (non-hydrogen) atoms. The second-order valence-corrected chi connectivity index (χ2v) is 6.56. The maximum Gasteiger partial charge on any atom is 0.0795 e. The molecule has 1 aromatic heterocycles. The van der Waals surface area contributed by atoms with Crippen LogP contribution >= 0.6 is 11.3 Å². The van der Waals surface area contributed by atoms with Crippen LogP contribution in [0.25, 0.3) is 0 Å². The highest BCUT2D eigenvalue weighted by Gasteiger charge is 2.37. The van der Waals surface area contributed by atoms with Crippen molar-refractivity contribution >= 4 is 11.3 Å². The van der Waals surface area contributed by atoms with E-state index in [-0.39, 0.29) is 0 Å². The Morgan fingerprint density at radius 3 is 2.65 bits per heavy atom. The van der Waals surface area contributed by atoms with Crippen LogP contribution in [0.5, 0.6) is 0 Å². The maximum absolute atomic E-state index is 4.33. The Hall–Kier alpha value is -0.410. The zero-order chi connectivity index (χ0) is 11.6. The SMILES string of the molecule is c1nc(CNC2CCC3(CCCC3)CC2)cs1. The van der Waals surface area contributed by atoms with E-state index in [0.29, 0.717) is 0 Å². The highest BCUT2D eigenvalue weighted by atomic mass is 32.1. The van der Waals surface area contributed by atoms with E-state index in [4.69, 9.17) is 0 Å². The lowest BCUT2D eigenvalue weighted by Crippen LogP contribution is -2.36. The van der Waals surface area contributed by atoms with Crippen LogP contribution < -0.4 is 5.32 Å². The van der Waals surface area contributed by atoms with Gasteiger partial charge in [-0.3, -0.25) is 0 Å². The van der Waals surface area contributed by atoms with Crippen molar-refractivity contribution in [1.29, 1.82) is 0 Å². The zero-order valence-corrected chi connectivity index (χ0v) is 11.3. The Labute approximate surface area is 108 Å². The van der Waals surface area contributed by atoms with Crippen molar-refractivity contribution in [2.75, 3.05) is 0 Å². The number of aromatic nitrogens is 1. The largest absolute Gasteiger partial charge is 0.308 e. The van der Waals surface area contributed by atoms with Crippen LogP contribution in [0.3, 0.4) is 0 Å². The molecule has 2 aliphatic carbocycles. The van der Waals surface area contributed by atoms with Gasteiger partial charge in [-0.1, -0.05) is 12.8 Å². The summed E-state index contributed by atoms with van der Waals surface area (Å²) in [5.74, 6) is 0. The van der Waals surface area contributed by atoms with Gasteiger partial charge >= 0.3 is 0 Å². The van der Waals surface area contributed by atoms with Crippen molar-refractivity contribution in [2.24, 2.45) is 5.41 Å². The van der Waals surface area contributed by atoms with Gasteiger partial charge in [-0.05, 0) is 43.9 Å². The zero-order valence-electron chi connectivity index (χ0n) is 10.5. The summed E-state index contributed by atoms with van der Waals surface area (Å²) in [5, 5.41) is 5.82. The Bertz CT molecular complexity index is 331. The molecule has 0 aliphatic heterocycles. The monoisotopic (exact) mass is 250 g/mol. The first-order chi connectivity index (χ1) is 8.36. The van der Waals surface area contributed by atoms with Crippen LogP contribution in [-0.4, -0.2) is 11.0 Å². The average molecular weight is 250 g/mol. The highest BCUT2D eigenvalue weighted by Crippen LogP contribution is 2.48. The Morgan fingerprint density at radius 2 is 2.00 bits per heavy atom. The fourth-order valence-electron chi connectivity index (χ4n) is 3.63. The van der Waals surface area contributed by atoms with E-state index in [1.54, 1.807) is 11.3 Å². The molecule has 0 saturated heterocycles. The molecule has 3 heteroatoms. The molecular formula is C14H22N2S. The quantitative estimate of drug-likeness (QED) is 0.884. The van der Waals surface area contributed by atoms with E-state index in [9.17, 15) is 0 Å². The lowest BCUT2D eigenvalue weighted by atomic mass is 9.71. The number of rotatable bonds is 3.